The zero-order chi connectivity index (χ0) is 7.03. The first-order valence-corrected chi connectivity index (χ1v) is 3.65. The van der Waals surface area contributed by atoms with Crippen LogP contribution >= 0.6 is 0 Å². The molecule has 1 heterocycles. The van der Waals surface area contributed by atoms with E-state index in [4.69, 9.17) is 4.74 Å². The predicted octanol–water partition coefficient (Wildman–Crippen LogP) is -0.0870. The average molecular weight is 141 g/mol. The largest absolute Gasteiger partial charge is 0.371 e. The molecular formula is C7H11NO2. The highest BCUT2D eigenvalue weighted by molar-refractivity contribution is 5.77. The third-order valence-electron chi connectivity index (χ3n) is 2.26. The molecule has 2 fully saturated rings. The summed E-state index contributed by atoms with van der Waals surface area (Å²) in [5, 5.41) is 2.83. The Hall–Kier alpha value is -0.570. The molecule has 0 aromatic carbocycles. The lowest BCUT2D eigenvalue weighted by atomic mass is 10.1. The molecule has 3 heteroatoms. The van der Waals surface area contributed by atoms with Gasteiger partial charge in [-0.25, -0.2) is 0 Å². The van der Waals surface area contributed by atoms with E-state index in [1.165, 1.54) is 12.8 Å². The Kier molecular flexibility index (Phi) is 1.20. The van der Waals surface area contributed by atoms with Crippen molar-refractivity contribution in [2.75, 3.05) is 19.8 Å². The zero-order valence-electron chi connectivity index (χ0n) is 5.85. The fourth-order valence-corrected chi connectivity index (χ4v) is 1.25. The van der Waals surface area contributed by atoms with Crippen LogP contribution in [-0.4, -0.2) is 25.7 Å². The summed E-state index contributed by atoms with van der Waals surface area (Å²) in [5.74, 6) is 0.0313. The Morgan fingerprint density at radius 3 is 3.00 bits per heavy atom. The molecule has 1 aliphatic carbocycles. The molecule has 0 radical (unpaired) electrons. The number of carbonyl (C=O) groups excluding carboxylic acids is 1. The molecule has 1 saturated heterocycles. The van der Waals surface area contributed by atoms with Crippen LogP contribution in [0.15, 0.2) is 0 Å². The van der Waals surface area contributed by atoms with Crippen LogP contribution in [0.25, 0.3) is 0 Å². The second-order valence-corrected chi connectivity index (χ2v) is 3.27. The number of amides is 1. The van der Waals surface area contributed by atoms with Gasteiger partial charge in [-0.15, -0.1) is 0 Å². The van der Waals surface area contributed by atoms with E-state index in [1.54, 1.807) is 0 Å². The van der Waals surface area contributed by atoms with Crippen LogP contribution in [-0.2, 0) is 9.53 Å². The van der Waals surface area contributed by atoms with Crippen molar-refractivity contribution in [3.05, 3.63) is 0 Å². The van der Waals surface area contributed by atoms with E-state index in [-0.39, 0.29) is 12.5 Å². The molecular weight excluding hydrogens is 130 g/mol. The fraction of sp³-hybridized carbons (Fsp3) is 0.857. The molecule has 0 unspecified atom stereocenters. The van der Waals surface area contributed by atoms with Gasteiger partial charge in [-0.05, 0) is 12.8 Å². The Bertz CT molecular complexity index is 163. The van der Waals surface area contributed by atoms with Crippen molar-refractivity contribution in [3.8, 4) is 0 Å². The third-order valence-corrected chi connectivity index (χ3v) is 2.26. The number of hydrogen-bond donors (Lipinski definition) is 1. The molecule has 2 aliphatic rings. The van der Waals surface area contributed by atoms with Gasteiger partial charge in [0, 0.05) is 12.0 Å². The highest BCUT2D eigenvalue weighted by atomic mass is 16.5. The maximum Gasteiger partial charge on any atom is 0.246 e. The van der Waals surface area contributed by atoms with Gasteiger partial charge in [0.15, 0.2) is 0 Å². The Balaban J connectivity index is 1.98. The van der Waals surface area contributed by atoms with Crippen molar-refractivity contribution >= 4 is 5.91 Å². The van der Waals surface area contributed by atoms with Gasteiger partial charge >= 0.3 is 0 Å². The van der Waals surface area contributed by atoms with Crippen LogP contribution in [0.5, 0.6) is 0 Å². The molecule has 1 saturated carbocycles. The van der Waals surface area contributed by atoms with Gasteiger partial charge in [0.05, 0.1) is 6.61 Å². The number of rotatable bonds is 0. The lowest BCUT2D eigenvalue weighted by Gasteiger charge is -2.08. The van der Waals surface area contributed by atoms with Crippen LogP contribution in [0.3, 0.4) is 0 Å². The lowest BCUT2D eigenvalue weighted by molar-refractivity contribution is -0.124. The minimum Gasteiger partial charge on any atom is -0.371 e. The van der Waals surface area contributed by atoms with E-state index in [9.17, 15) is 4.79 Å². The van der Waals surface area contributed by atoms with Gasteiger partial charge in [0.1, 0.15) is 6.61 Å². The third kappa shape index (κ3) is 1.01. The molecule has 56 valence electrons. The molecule has 2 rings (SSSR count). The maximum absolute atomic E-state index is 10.8. The first-order valence-electron chi connectivity index (χ1n) is 3.65. The monoisotopic (exact) mass is 141 g/mol. The summed E-state index contributed by atoms with van der Waals surface area (Å²) in [7, 11) is 0. The van der Waals surface area contributed by atoms with Crippen LogP contribution < -0.4 is 5.32 Å². The Morgan fingerprint density at radius 1 is 1.50 bits per heavy atom. The van der Waals surface area contributed by atoms with E-state index < -0.39 is 0 Å². The normalized spacial score (nSPS) is 29.4. The van der Waals surface area contributed by atoms with Crippen molar-refractivity contribution in [2.45, 2.75) is 12.8 Å². The Labute approximate surface area is 59.7 Å². The van der Waals surface area contributed by atoms with Gasteiger partial charge in [-0.3, -0.25) is 4.79 Å². The number of nitrogens with one attached hydrogen (secondary N) is 1. The first kappa shape index (κ1) is 6.16. The SMILES string of the molecule is O=C1COCC2(CC2)CN1. The molecule has 0 aromatic rings. The standard InChI is InChI=1S/C7H11NO2/c9-6-3-10-5-7(1-2-7)4-8-6/h1-5H2,(H,8,9). The van der Waals surface area contributed by atoms with Crippen LogP contribution in [0.1, 0.15) is 12.8 Å². The summed E-state index contributed by atoms with van der Waals surface area (Å²) in [6.45, 7) is 1.85. The molecule has 1 spiro atoms. The highest BCUT2D eigenvalue weighted by Crippen LogP contribution is 2.45. The minimum atomic E-state index is 0.0313. The number of ether oxygens (including phenoxy) is 1. The summed E-state index contributed by atoms with van der Waals surface area (Å²) in [5.41, 5.74) is 0.339. The maximum atomic E-state index is 10.8. The van der Waals surface area contributed by atoms with Crippen LogP contribution in [0.4, 0.5) is 0 Å². The van der Waals surface area contributed by atoms with Gasteiger partial charge in [0.25, 0.3) is 0 Å². The van der Waals surface area contributed by atoms with Crippen LogP contribution in [0.2, 0.25) is 0 Å². The van der Waals surface area contributed by atoms with Crippen molar-refractivity contribution < 1.29 is 9.53 Å². The van der Waals surface area contributed by atoms with E-state index in [1.807, 2.05) is 0 Å². The van der Waals surface area contributed by atoms with Gasteiger partial charge in [0.2, 0.25) is 5.91 Å². The van der Waals surface area contributed by atoms with E-state index in [0.29, 0.717) is 5.41 Å². The summed E-state index contributed by atoms with van der Waals surface area (Å²) in [6, 6.07) is 0. The van der Waals surface area contributed by atoms with Gasteiger partial charge in [-0.1, -0.05) is 0 Å². The number of carbonyl (C=O) groups is 1. The highest BCUT2D eigenvalue weighted by Gasteiger charge is 2.44. The molecule has 1 N–H and O–H groups in total. The van der Waals surface area contributed by atoms with E-state index >= 15 is 0 Å². The van der Waals surface area contributed by atoms with E-state index in [0.717, 1.165) is 13.2 Å². The molecule has 10 heavy (non-hydrogen) atoms. The predicted molar refractivity (Wildman–Crippen MR) is 35.5 cm³/mol. The quantitative estimate of drug-likeness (QED) is 0.512. The molecule has 0 aromatic heterocycles. The van der Waals surface area contributed by atoms with Gasteiger partial charge < -0.3 is 10.1 Å². The lowest BCUT2D eigenvalue weighted by Crippen LogP contribution is -2.28. The summed E-state index contributed by atoms with van der Waals surface area (Å²) in [4.78, 5) is 10.8. The van der Waals surface area contributed by atoms with Crippen LogP contribution in [0, 0.1) is 5.41 Å². The van der Waals surface area contributed by atoms with E-state index in [2.05, 4.69) is 5.32 Å². The molecule has 0 bridgehead atoms. The first-order chi connectivity index (χ1) is 4.81. The summed E-state index contributed by atoms with van der Waals surface area (Å²) in [6.07, 6.45) is 2.43. The minimum absolute atomic E-state index is 0.0313. The smallest absolute Gasteiger partial charge is 0.246 e. The molecule has 0 atom stereocenters. The molecule has 3 nitrogen and oxygen atoms in total. The fourth-order valence-electron chi connectivity index (χ4n) is 1.25. The van der Waals surface area contributed by atoms with Crippen molar-refractivity contribution in [3.63, 3.8) is 0 Å². The number of hydrogen-bond acceptors (Lipinski definition) is 2. The average Bonchev–Trinajstić information content (AvgIpc) is 2.67. The molecule has 1 amide bonds. The van der Waals surface area contributed by atoms with Crippen molar-refractivity contribution in [1.29, 1.82) is 0 Å². The summed E-state index contributed by atoms with van der Waals surface area (Å²) < 4.78 is 5.17. The molecule has 1 aliphatic heterocycles. The topological polar surface area (TPSA) is 38.3 Å². The zero-order valence-corrected chi connectivity index (χ0v) is 5.85. The second kappa shape index (κ2) is 1.95. The van der Waals surface area contributed by atoms with Crippen molar-refractivity contribution in [2.24, 2.45) is 5.41 Å². The summed E-state index contributed by atoms with van der Waals surface area (Å²) >= 11 is 0. The van der Waals surface area contributed by atoms with Crippen molar-refractivity contribution in [1.82, 2.24) is 5.32 Å². The Morgan fingerprint density at radius 2 is 2.30 bits per heavy atom. The second-order valence-electron chi connectivity index (χ2n) is 3.27. The van der Waals surface area contributed by atoms with Gasteiger partial charge in [-0.2, -0.15) is 0 Å².